The normalized spacial score (nSPS) is 32.0. The van der Waals surface area contributed by atoms with Crippen molar-refractivity contribution in [3.63, 3.8) is 0 Å². The van der Waals surface area contributed by atoms with Gasteiger partial charge in [0.1, 0.15) is 43.0 Å². The number of rotatable bonds is 8. The van der Waals surface area contributed by atoms with Gasteiger partial charge >= 0.3 is 13.5 Å². The molecule has 0 aromatic carbocycles. The molecule has 40 heavy (non-hydrogen) atoms. The van der Waals surface area contributed by atoms with Crippen LogP contribution in [0.25, 0.3) is 11.2 Å². The molecule has 0 spiro atoms. The second-order valence-corrected chi connectivity index (χ2v) is 10.2. The summed E-state index contributed by atoms with van der Waals surface area (Å²) in [6, 6.07) is 0. The van der Waals surface area contributed by atoms with Crippen molar-refractivity contribution in [3.8, 4) is 0 Å². The number of nitrogens with one attached hydrogen (secondary N) is 1. The molecule has 0 amide bonds. The third kappa shape index (κ3) is 5.10. The van der Waals surface area contributed by atoms with Crippen molar-refractivity contribution in [1.29, 1.82) is 0 Å². The number of aliphatic hydroxyl groups excluding tert-OH is 4. The number of nitrogen functional groups attached to an aromatic ring is 2. The van der Waals surface area contributed by atoms with Crippen molar-refractivity contribution in [2.45, 2.75) is 49.1 Å². The minimum Gasteiger partial charge on any atom is -0.394 e. The fourth-order valence-electron chi connectivity index (χ4n) is 4.33. The molecule has 21 nitrogen and oxygen atoms in total. The van der Waals surface area contributed by atoms with E-state index in [4.69, 9.17) is 30.0 Å². The van der Waals surface area contributed by atoms with Gasteiger partial charge in [0.05, 0.1) is 19.5 Å². The summed E-state index contributed by atoms with van der Waals surface area (Å²) in [7, 11) is -5.05. The number of H-pyrrole nitrogens is 1. The number of aromatic amines is 1. The van der Waals surface area contributed by atoms with Crippen molar-refractivity contribution >= 4 is 30.9 Å². The van der Waals surface area contributed by atoms with E-state index in [1.165, 1.54) is 0 Å². The van der Waals surface area contributed by atoms with E-state index in [1.807, 2.05) is 0 Å². The van der Waals surface area contributed by atoms with Gasteiger partial charge in [-0.3, -0.25) is 28.0 Å². The quantitative estimate of drug-likeness (QED) is 0.114. The second kappa shape index (κ2) is 10.6. The van der Waals surface area contributed by atoms with Crippen LogP contribution in [0.15, 0.2) is 22.2 Å². The number of aromatic nitrogens is 7. The van der Waals surface area contributed by atoms with Crippen molar-refractivity contribution in [3.05, 3.63) is 33.5 Å². The van der Waals surface area contributed by atoms with E-state index in [2.05, 4.69) is 24.9 Å². The molecule has 9 atom stereocenters. The monoisotopic (exact) mass is 589 g/mol. The first kappa shape index (κ1) is 28.2. The highest BCUT2D eigenvalue weighted by Crippen LogP contribution is 2.49. The molecule has 0 bridgehead atoms. The topological polar surface area (TPSA) is 319 Å². The van der Waals surface area contributed by atoms with Crippen LogP contribution in [0, 0.1) is 0 Å². The predicted octanol–water partition coefficient (Wildman–Crippen LogP) is -4.69. The van der Waals surface area contributed by atoms with E-state index in [-0.39, 0.29) is 23.1 Å². The van der Waals surface area contributed by atoms with Crippen LogP contribution < -0.4 is 22.7 Å². The number of anilines is 2. The largest absolute Gasteiger partial charge is 0.472 e. The van der Waals surface area contributed by atoms with E-state index >= 15 is 0 Å². The number of aliphatic hydroxyl groups is 4. The molecule has 218 valence electrons. The molecule has 3 aromatic heterocycles. The summed E-state index contributed by atoms with van der Waals surface area (Å²) in [4.78, 5) is 51.5. The third-order valence-electron chi connectivity index (χ3n) is 6.23. The fourth-order valence-corrected chi connectivity index (χ4v) is 5.30. The number of hydrogen-bond acceptors (Lipinski definition) is 17. The Labute approximate surface area is 221 Å². The Bertz CT molecular complexity index is 1560. The van der Waals surface area contributed by atoms with Crippen LogP contribution in [0.5, 0.6) is 0 Å². The lowest BCUT2D eigenvalue weighted by molar-refractivity contribution is -0.0613. The first-order valence-electron chi connectivity index (χ1n) is 11.4. The molecule has 2 aliphatic heterocycles. The lowest BCUT2D eigenvalue weighted by Crippen LogP contribution is -2.37. The summed E-state index contributed by atoms with van der Waals surface area (Å²) in [6.07, 6.45) is -10.3. The smallest absolute Gasteiger partial charge is 0.394 e. The van der Waals surface area contributed by atoms with Crippen LogP contribution in [0.3, 0.4) is 0 Å². The average Bonchev–Trinajstić information content (AvgIpc) is 3.53. The molecule has 10 N–H and O–H groups in total. The van der Waals surface area contributed by atoms with Crippen LogP contribution in [-0.2, 0) is 23.1 Å². The number of imidazole rings is 1. The predicted molar refractivity (Wildman–Crippen MR) is 127 cm³/mol. The van der Waals surface area contributed by atoms with Crippen LogP contribution in [0.1, 0.15) is 12.5 Å². The lowest BCUT2D eigenvalue weighted by Gasteiger charge is -2.23. The fraction of sp³-hybridized carbons (Fsp3) is 0.556. The number of phosphoric acid groups is 1. The van der Waals surface area contributed by atoms with Crippen LogP contribution >= 0.6 is 7.82 Å². The standard InChI is InChI=1S/C18H24N9O12P/c19-16-22-4-27(18(33)25-16)14-9(30)8(29)6(38-14)2-36-40(34,35)39-11-5(1-28)37-15(10(11)31)26-3-21-7-12(26)23-17(20)24-13(7)32/h3-6,8-11,14-15,28-31H,1-2H2,(H,34,35)(H2,19,25,33)(H3,20,23,24,32)/t5-,6-,8?,9+,10+,11?,14-,15-/m1/s1. The summed E-state index contributed by atoms with van der Waals surface area (Å²) in [5.74, 6) is -0.576. The molecule has 0 aliphatic carbocycles. The van der Waals surface area contributed by atoms with E-state index in [1.54, 1.807) is 0 Å². The molecular formula is C18H24N9O12P. The van der Waals surface area contributed by atoms with Gasteiger partial charge in [0, 0.05) is 0 Å². The molecule has 3 aromatic rings. The Hall–Kier alpha value is -3.37. The van der Waals surface area contributed by atoms with E-state index < -0.39 is 81.4 Å². The maximum absolute atomic E-state index is 12.7. The summed E-state index contributed by atoms with van der Waals surface area (Å²) >= 11 is 0. The van der Waals surface area contributed by atoms with Gasteiger partial charge in [0.15, 0.2) is 23.6 Å². The van der Waals surface area contributed by atoms with Gasteiger partial charge < -0.3 is 46.3 Å². The molecular weight excluding hydrogens is 565 g/mol. The highest BCUT2D eigenvalue weighted by atomic mass is 31.2. The average molecular weight is 589 g/mol. The van der Waals surface area contributed by atoms with Gasteiger partial charge in [-0.2, -0.15) is 9.97 Å². The number of nitrogens with zero attached hydrogens (tertiary/aromatic N) is 6. The Kier molecular flexibility index (Phi) is 7.43. The maximum atomic E-state index is 12.7. The van der Waals surface area contributed by atoms with Gasteiger partial charge in [-0.15, -0.1) is 0 Å². The van der Waals surface area contributed by atoms with Crippen LogP contribution in [0.4, 0.5) is 11.9 Å². The first-order chi connectivity index (χ1) is 18.9. The summed E-state index contributed by atoms with van der Waals surface area (Å²) in [6.45, 7) is -1.58. The molecule has 3 unspecified atom stereocenters. The zero-order chi connectivity index (χ0) is 28.9. The molecule has 2 aliphatic rings. The molecule has 2 saturated heterocycles. The van der Waals surface area contributed by atoms with Gasteiger partial charge in [-0.1, -0.05) is 0 Å². The summed E-state index contributed by atoms with van der Waals surface area (Å²) in [5, 5.41) is 41.2. The Balaban J connectivity index is 1.28. The van der Waals surface area contributed by atoms with Gasteiger partial charge in [0.25, 0.3) is 5.56 Å². The van der Waals surface area contributed by atoms with Gasteiger partial charge in [-0.25, -0.2) is 19.3 Å². The molecule has 2 fully saturated rings. The number of hydrogen-bond donors (Lipinski definition) is 8. The zero-order valence-corrected chi connectivity index (χ0v) is 21.0. The van der Waals surface area contributed by atoms with Crippen molar-refractivity contribution in [1.82, 2.24) is 34.1 Å². The summed E-state index contributed by atoms with van der Waals surface area (Å²) in [5.41, 5.74) is 9.11. The Morgan fingerprint density at radius 1 is 1.00 bits per heavy atom. The number of fused-ring (bicyclic) bond motifs is 1. The van der Waals surface area contributed by atoms with Crippen molar-refractivity contribution < 1.29 is 48.4 Å². The van der Waals surface area contributed by atoms with E-state index in [0.717, 1.165) is 21.8 Å². The molecule has 5 rings (SSSR count). The zero-order valence-electron chi connectivity index (χ0n) is 20.1. The van der Waals surface area contributed by atoms with Crippen molar-refractivity contribution in [2.75, 3.05) is 24.7 Å². The SMILES string of the molecule is Nc1ncn([C@@H]2O[C@H](COP(=O)(O)OC3[C@@H](CO)O[C@@H](n4cnc5c(=O)[nH]c(N)nc54)[C@H]3O)C(O)[C@@H]2O)c(=O)n1. The minimum absolute atomic E-state index is 0.0721. The Morgan fingerprint density at radius 2 is 1.68 bits per heavy atom. The minimum atomic E-state index is -5.05. The van der Waals surface area contributed by atoms with E-state index in [0.29, 0.717) is 0 Å². The van der Waals surface area contributed by atoms with E-state index in [9.17, 15) is 39.5 Å². The molecule has 0 radical (unpaired) electrons. The number of ether oxygens (including phenoxy) is 2. The first-order valence-corrected chi connectivity index (χ1v) is 12.9. The molecule has 0 saturated carbocycles. The maximum Gasteiger partial charge on any atom is 0.472 e. The molecule has 5 heterocycles. The second-order valence-electron chi connectivity index (χ2n) is 8.80. The highest BCUT2D eigenvalue weighted by molar-refractivity contribution is 7.47. The van der Waals surface area contributed by atoms with Crippen LogP contribution in [-0.4, -0.2) is 109 Å². The lowest BCUT2D eigenvalue weighted by atomic mass is 10.1. The Morgan fingerprint density at radius 3 is 2.38 bits per heavy atom. The molecule has 22 heteroatoms. The highest BCUT2D eigenvalue weighted by Gasteiger charge is 2.50. The number of phosphoric ester groups is 1. The van der Waals surface area contributed by atoms with Crippen molar-refractivity contribution in [2.24, 2.45) is 0 Å². The number of nitrogens with two attached hydrogens (primary N) is 2. The van der Waals surface area contributed by atoms with Gasteiger partial charge in [0.2, 0.25) is 11.9 Å². The van der Waals surface area contributed by atoms with Crippen LogP contribution in [0.2, 0.25) is 0 Å². The summed E-state index contributed by atoms with van der Waals surface area (Å²) < 4.78 is 35.6. The van der Waals surface area contributed by atoms with Gasteiger partial charge in [-0.05, 0) is 0 Å². The third-order valence-corrected chi connectivity index (χ3v) is 7.21.